The summed E-state index contributed by atoms with van der Waals surface area (Å²) in [6, 6.07) is 5.96. The molecule has 11 nitrogen and oxygen atoms in total. The predicted octanol–water partition coefficient (Wildman–Crippen LogP) is 1.64. The van der Waals surface area contributed by atoms with E-state index in [0.717, 1.165) is 24.0 Å². The quantitative estimate of drug-likeness (QED) is 0.438. The molecule has 0 bridgehead atoms. The number of nitrogen functional groups attached to an aromatic ring is 2. The van der Waals surface area contributed by atoms with Crippen LogP contribution in [-0.2, 0) is 11.8 Å². The number of ether oxygens (including phenoxy) is 1. The zero-order chi connectivity index (χ0) is 24.7. The third-order valence-corrected chi connectivity index (χ3v) is 7.99. The van der Waals surface area contributed by atoms with Gasteiger partial charge in [-0.05, 0) is 31.4 Å². The first-order chi connectivity index (χ1) is 16.9. The Hall–Kier alpha value is -3.69. The van der Waals surface area contributed by atoms with Gasteiger partial charge in [-0.25, -0.2) is 4.98 Å². The Bertz CT molecular complexity index is 1300. The number of aryl methyl sites for hydroxylation is 1. The molecule has 0 aromatic carbocycles. The Morgan fingerprint density at radius 2 is 2.14 bits per heavy atom. The molecule has 1 aliphatic carbocycles. The van der Waals surface area contributed by atoms with E-state index in [9.17, 15) is 10.4 Å². The fourth-order valence-electron chi connectivity index (χ4n) is 5.19. The van der Waals surface area contributed by atoms with E-state index in [4.69, 9.17) is 21.2 Å². The molecule has 1 atom stereocenters. The molecule has 182 valence electrons. The van der Waals surface area contributed by atoms with Crippen molar-refractivity contribution in [2.45, 2.75) is 31.2 Å². The molecule has 0 amide bonds. The van der Waals surface area contributed by atoms with Crippen molar-refractivity contribution in [3.63, 3.8) is 0 Å². The highest BCUT2D eigenvalue weighted by Crippen LogP contribution is 2.52. The van der Waals surface area contributed by atoms with Crippen LogP contribution in [0.1, 0.15) is 41.0 Å². The molecule has 2 aliphatic rings. The summed E-state index contributed by atoms with van der Waals surface area (Å²) in [5.74, 6) is 1.28. The Morgan fingerprint density at radius 1 is 1.34 bits per heavy atom. The molecule has 1 aliphatic heterocycles. The van der Waals surface area contributed by atoms with Gasteiger partial charge < -0.3 is 31.1 Å². The van der Waals surface area contributed by atoms with Crippen LogP contribution in [-0.4, -0.2) is 58.4 Å². The zero-order valence-corrected chi connectivity index (χ0v) is 20.4. The van der Waals surface area contributed by atoms with Crippen molar-refractivity contribution in [2.75, 3.05) is 54.6 Å². The number of methoxy groups -OCH3 is 1. The SMILES string of the molecule is COc1nc(N2CC3(CCc4sc(N)c(C#N)c43)C2)nc(N(CCO)C(C)c2cccnc2N)n1. The summed E-state index contributed by atoms with van der Waals surface area (Å²) in [6.45, 7) is 3.52. The number of hydrogen-bond donors (Lipinski definition) is 3. The molecular formula is C23H27N9O2S. The number of nitrogens with zero attached hydrogens (tertiary/aromatic N) is 7. The van der Waals surface area contributed by atoms with E-state index in [-0.39, 0.29) is 30.6 Å². The fraction of sp³-hybridized carbons (Fsp3) is 0.435. The minimum absolute atomic E-state index is 0.0973. The van der Waals surface area contributed by atoms with Gasteiger partial charge in [-0.1, -0.05) is 6.07 Å². The molecule has 35 heavy (non-hydrogen) atoms. The average Bonchev–Trinajstić information content (AvgIpc) is 3.36. The Kier molecular flexibility index (Phi) is 5.82. The number of anilines is 4. The number of aromatic nitrogens is 4. The lowest BCUT2D eigenvalue weighted by Gasteiger charge is -2.48. The highest BCUT2D eigenvalue weighted by Gasteiger charge is 2.52. The normalized spacial score (nSPS) is 16.5. The minimum Gasteiger partial charge on any atom is -0.467 e. The third kappa shape index (κ3) is 3.77. The standard InChI is InChI=1S/C23H27N9O2S/c1-13(14-4-3-7-27-18(14)25)32(8-9-33)21-28-20(29-22(30-21)34-2)31-11-23(12-31)6-5-16-17(23)15(10-24)19(26)35-16/h3-4,7,13,33H,5-6,8-9,11-12,26H2,1-2H3,(H2,25,27). The molecule has 1 saturated heterocycles. The van der Waals surface area contributed by atoms with Gasteiger partial charge in [0, 0.05) is 41.7 Å². The van der Waals surface area contributed by atoms with Gasteiger partial charge in [-0.3, -0.25) is 0 Å². The van der Waals surface area contributed by atoms with Crippen LogP contribution in [0.2, 0.25) is 0 Å². The topological polar surface area (TPSA) is 163 Å². The van der Waals surface area contributed by atoms with Crippen molar-refractivity contribution in [1.82, 2.24) is 19.9 Å². The fourth-order valence-corrected chi connectivity index (χ4v) is 6.33. The van der Waals surface area contributed by atoms with Crippen LogP contribution in [0.3, 0.4) is 0 Å². The van der Waals surface area contributed by atoms with Crippen LogP contribution in [0.25, 0.3) is 0 Å². The second-order valence-electron chi connectivity index (χ2n) is 8.88. The van der Waals surface area contributed by atoms with Gasteiger partial charge in [0.1, 0.15) is 16.9 Å². The molecule has 3 aromatic heterocycles. The molecule has 4 heterocycles. The van der Waals surface area contributed by atoms with Gasteiger partial charge in [-0.15, -0.1) is 11.3 Å². The molecule has 5 rings (SSSR count). The maximum atomic E-state index is 9.77. The van der Waals surface area contributed by atoms with E-state index in [2.05, 4.69) is 25.9 Å². The predicted molar refractivity (Wildman–Crippen MR) is 134 cm³/mol. The van der Waals surface area contributed by atoms with E-state index in [1.54, 1.807) is 6.20 Å². The lowest BCUT2D eigenvalue weighted by atomic mass is 9.74. The number of aliphatic hydroxyl groups excluding tert-OH is 1. The summed E-state index contributed by atoms with van der Waals surface area (Å²) in [5, 5.41) is 20.0. The summed E-state index contributed by atoms with van der Waals surface area (Å²) in [6.07, 6.45) is 3.54. The van der Waals surface area contributed by atoms with Crippen molar-refractivity contribution >= 4 is 34.1 Å². The highest BCUT2D eigenvalue weighted by molar-refractivity contribution is 7.16. The van der Waals surface area contributed by atoms with Crippen LogP contribution in [0.15, 0.2) is 18.3 Å². The minimum atomic E-state index is -0.247. The van der Waals surface area contributed by atoms with Crippen LogP contribution in [0.5, 0.6) is 6.01 Å². The van der Waals surface area contributed by atoms with E-state index in [0.29, 0.717) is 41.4 Å². The molecule has 1 spiro atoms. The smallest absolute Gasteiger partial charge is 0.322 e. The second kappa shape index (κ2) is 8.83. The van der Waals surface area contributed by atoms with Crippen LogP contribution < -0.4 is 26.0 Å². The van der Waals surface area contributed by atoms with Gasteiger partial charge in [0.15, 0.2) is 0 Å². The maximum absolute atomic E-state index is 9.77. The largest absolute Gasteiger partial charge is 0.467 e. The molecule has 1 unspecified atom stereocenters. The van der Waals surface area contributed by atoms with Gasteiger partial charge in [-0.2, -0.15) is 20.2 Å². The van der Waals surface area contributed by atoms with Crippen LogP contribution in [0, 0.1) is 11.3 Å². The Labute approximate surface area is 207 Å². The molecule has 0 saturated carbocycles. The number of hydrogen-bond acceptors (Lipinski definition) is 12. The molecule has 5 N–H and O–H groups in total. The number of nitrogens with two attached hydrogens (primary N) is 2. The summed E-state index contributed by atoms with van der Waals surface area (Å²) in [7, 11) is 1.51. The molecule has 12 heteroatoms. The zero-order valence-electron chi connectivity index (χ0n) is 19.6. The van der Waals surface area contributed by atoms with Crippen molar-refractivity contribution < 1.29 is 9.84 Å². The number of pyridine rings is 1. The van der Waals surface area contributed by atoms with Crippen LogP contribution in [0.4, 0.5) is 22.7 Å². The van der Waals surface area contributed by atoms with E-state index in [1.165, 1.54) is 23.3 Å². The lowest BCUT2D eigenvalue weighted by Crippen LogP contribution is -2.59. The van der Waals surface area contributed by atoms with Crippen molar-refractivity contribution in [3.05, 3.63) is 39.9 Å². The Balaban J connectivity index is 1.46. The van der Waals surface area contributed by atoms with Gasteiger partial charge >= 0.3 is 6.01 Å². The van der Waals surface area contributed by atoms with Crippen molar-refractivity contribution in [2.24, 2.45) is 0 Å². The molecule has 0 radical (unpaired) electrons. The first kappa shape index (κ1) is 23.1. The number of nitriles is 1. The van der Waals surface area contributed by atoms with E-state index in [1.807, 2.05) is 24.0 Å². The first-order valence-corrected chi connectivity index (χ1v) is 12.2. The number of fused-ring (bicyclic) bond motifs is 2. The maximum Gasteiger partial charge on any atom is 0.322 e. The van der Waals surface area contributed by atoms with Crippen LogP contribution >= 0.6 is 11.3 Å². The van der Waals surface area contributed by atoms with Crippen molar-refractivity contribution in [3.8, 4) is 12.1 Å². The number of aliphatic hydroxyl groups is 1. The summed E-state index contributed by atoms with van der Waals surface area (Å²) < 4.78 is 5.39. The second-order valence-corrected chi connectivity index (χ2v) is 10.0. The lowest BCUT2D eigenvalue weighted by molar-refractivity contribution is 0.296. The summed E-state index contributed by atoms with van der Waals surface area (Å²) in [5.41, 5.74) is 14.6. The monoisotopic (exact) mass is 493 g/mol. The van der Waals surface area contributed by atoms with Gasteiger partial charge in [0.05, 0.1) is 25.3 Å². The average molecular weight is 494 g/mol. The van der Waals surface area contributed by atoms with Gasteiger partial charge in [0.2, 0.25) is 11.9 Å². The summed E-state index contributed by atoms with van der Waals surface area (Å²) in [4.78, 5) is 23.0. The number of thiophene rings is 1. The summed E-state index contributed by atoms with van der Waals surface area (Å²) >= 11 is 1.53. The van der Waals surface area contributed by atoms with Crippen molar-refractivity contribution in [1.29, 1.82) is 5.26 Å². The molecule has 3 aromatic rings. The van der Waals surface area contributed by atoms with E-state index < -0.39 is 0 Å². The number of rotatable bonds is 7. The Morgan fingerprint density at radius 3 is 2.83 bits per heavy atom. The molecular weight excluding hydrogens is 466 g/mol. The van der Waals surface area contributed by atoms with Gasteiger partial charge in [0.25, 0.3) is 0 Å². The third-order valence-electron chi connectivity index (χ3n) is 6.91. The molecule has 1 fully saturated rings. The first-order valence-electron chi connectivity index (χ1n) is 11.4. The van der Waals surface area contributed by atoms with E-state index >= 15 is 0 Å². The highest BCUT2D eigenvalue weighted by atomic mass is 32.1.